The number of ether oxygens (including phenoxy) is 1. The molecule has 154 valence electrons. The van der Waals surface area contributed by atoms with E-state index in [-0.39, 0.29) is 16.5 Å². The maximum absolute atomic E-state index is 13.4. The van der Waals surface area contributed by atoms with Crippen LogP contribution in [0.1, 0.15) is 21.5 Å². The Hall–Kier alpha value is -3.15. The van der Waals surface area contributed by atoms with Crippen LogP contribution >= 0.6 is 27.5 Å². The van der Waals surface area contributed by atoms with Gasteiger partial charge in [-0.3, -0.25) is 9.69 Å². The van der Waals surface area contributed by atoms with Crippen LogP contribution in [0.4, 0.5) is 5.69 Å². The predicted octanol–water partition coefficient (Wildman–Crippen LogP) is 6.36. The lowest BCUT2D eigenvalue weighted by Gasteiger charge is -2.21. The summed E-state index contributed by atoms with van der Waals surface area (Å²) < 4.78 is 5.79. The molecule has 31 heavy (non-hydrogen) atoms. The number of carbonyl (C=O) groups is 2. The quantitative estimate of drug-likeness (QED) is 0.313. The van der Waals surface area contributed by atoms with Gasteiger partial charge in [0.25, 0.3) is 5.91 Å². The van der Waals surface area contributed by atoms with E-state index in [0.717, 1.165) is 15.6 Å². The summed E-state index contributed by atoms with van der Waals surface area (Å²) in [6, 6.07) is 22.2. The molecule has 0 bridgehead atoms. The minimum atomic E-state index is -0.561. The number of rotatable bonds is 4. The third-order valence-electron chi connectivity index (χ3n) is 4.86. The highest BCUT2D eigenvalue weighted by molar-refractivity contribution is 9.10. The second-order valence-electron chi connectivity index (χ2n) is 6.84. The summed E-state index contributed by atoms with van der Waals surface area (Å²) in [6.07, 6.45) is 3.70. The Morgan fingerprint density at radius 2 is 1.74 bits per heavy atom. The van der Waals surface area contributed by atoms with E-state index in [1.54, 1.807) is 23.1 Å². The predicted molar refractivity (Wildman–Crippen MR) is 127 cm³/mol. The van der Waals surface area contributed by atoms with Gasteiger partial charge in [0.1, 0.15) is 0 Å². The van der Waals surface area contributed by atoms with E-state index in [2.05, 4.69) is 15.9 Å². The van der Waals surface area contributed by atoms with Crippen molar-refractivity contribution in [2.24, 2.45) is 0 Å². The highest BCUT2D eigenvalue weighted by atomic mass is 79.9. The molecule has 1 heterocycles. The number of nitrogens with zero attached hydrogens (tertiary/aromatic N) is 1. The van der Waals surface area contributed by atoms with Crippen molar-refractivity contribution >= 4 is 56.9 Å². The highest BCUT2D eigenvalue weighted by Gasteiger charge is 2.31. The summed E-state index contributed by atoms with van der Waals surface area (Å²) in [4.78, 5) is 27.2. The molecule has 0 saturated heterocycles. The van der Waals surface area contributed by atoms with Crippen LogP contribution in [0.15, 0.2) is 88.9 Å². The maximum atomic E-state index is 13.4. The van der Waals surface area contributed by atoms with Gasteiger partial charge >= 0.3 is 5.97 Å². The molecule has 1 aliphatic heterocycles. The Balaban J connectivity index is 1.83. The summed E-state index contributed by atoms with van der Waals surface area (Å²) in [6.45, 7) is 0. The fraction of sp³-hybridized carbons (Fsp3) is 0.0400. The van der Waals surface area contributed by atoms with Crippen LogP contribution < -0.4 is 4.90 Å². The number of halogens is 2. The molecule has 0 unspecified atom stereocenters. The van der Waals surface area contributed by atoms with Crippen molar-refractivity contribution in [1.29, 1.82) is 0 Å². The average Bonchev–Trinajstić information content (AvgIpc) is 3.11. The Labute approximate surface area is 193 Å². The Bertz CT molecular complexity index is 1220. The Kier molecular flexibility index (Phi) is 6.07. The van der Waals surface area contributed by atoms with E-state index >= 15 is 0 Å². The first kappa shape index (κ1) is 21.1. The number of carbonyl (C=O) groups excluding carboxylic acids is 2. The van der Waals surface area contributed by atoms with Crippen LogP contribution in [0.2, 0.25) is 5.02 Å². The number of esters is 1. The number of hydrogen-bond acceptors (Lipinski definition) is 3. The molecule has 3 aromatic rings. The van der Waals surface area contributed by atoms with Gasteiger partial charge < -0.3 is 4.74 Å². The van der Waals surface area contributed by atoms with E-state index in [1.165, 1.54) is 7.11 Å². The monoisotopic (exact) mass is 493 g/mol. The second kappa shape index (κ2) is 8.92. The summed E-state index contributed by atoms with van der Waals surface area (Å²) >= 11 is 9.61. The largest absolute Gasteiger partial charge is 0.465 e. The van der Waals surface area contributed by atoms with Gasteiger partial charge in [0.2, 0.25) is 0 Å². The molecule has 3 aromatic carbocycles. The zero-order valence-electron chi connectivity index (χ0n) is 16.5. The standard InChI is InChI=1S/C25H17BrClNO3/c1-31-25(30)21-15-20(11-12-22(21)27)28-23(17-5-3-2-4-6-17)14-18(24(28)29)13-16-7-9-19(26)10-8-16/h2-15H,1H3/b18-13+. The number of amides is 1. The fourth-order valence-corrected chi connectivity index (χ4v) is 3.81. The van der Waals surface area contributed by atoms with Gasteiger partial charge in [0, 0.05) is 10.0 Å². The first-order chi connectivity index (χ1) is 15.0. The molecule has 0 saturated carbocycles. The molecule has 0 atom stereocenters. The molecule has 1 amide bonds. The van der Waals surface area contributed by atoms with E-state index in [4.69, 9.17) is 16.3 Å². The second-order valence-corrected chi connectivity index (χ2v) is 8.17. The number of hydrogen-bond donors (Lipinski definition) is 0. The summed E-state index contributed by atoms with van der Waals surface area (Å²) in [5.74, 6) is -0.755. The first-order valence-electron chi connectivity index (χ1n) is 9.44. The minimum Gasteiger partial charge on any atom is -0.465 e. The van der Waals surface area contributed by atoms with Gasteiger partial charge in [-0.1, -0.05) is 70.0 Å². The van der Waals surface area contributed by atoms with Crippen molar-refractivity contribution in [2.75, 3.05) is 12.0 Å². The average molecular weight is 495 g/mol. The third kappa shape index (κ3) is 4.33. The molecule has 4 rings (SSSR count). The van der Waals surface area contributed by atoms with Crippen LogP contribution in [-0.4, -0.2) is 19.0 Å². The molecule has 0 aliphatic carbocycles. The van der Waals surface area contributed by atoms with Crippen molar-refractivity contribution in [3.63, 3.8) is 0 Å². The molecule has 0 N–H and O–H groups in total. The summed E-state index contributed by atoms with van der Waals surface area (Å²) in [5.41, 5.74) is 3.77. The summed E-state index contributed by atoms with van der Waals surface area (Å²) in [7, 11) is 1.29. The van der Waals surface area contributed by atoms with Crippen LogP contribution in [0.25, 0.3) is 11.8 Å². The van der Waals surface area contributed by atoms with Gasteiger partial charge in [0.15, 0.2) is 0 Å². The minimum absolute atomic E-state index is 0.195. The number of anilines is 1. The topological polar surface area (TPSA) is 46.6 Å². The highest BCUT2D eigenvalue weighted by Crippen LogP contribution is 2.36. The van der Waals surface area contributed by atoms with Crippen molar-refractivity contribution in [3.8, 4) is 0 Å². The maximum Gasteiger partial charge on any atom is 0.339 e. The van der Waals surface area contributed by atoms with Crippen molar-refractivity contribution < 1.29 is 14.3 Å². The van der Waals surface area contributed by atoms with Crippen LogP contribution in [0, 0.1) is 0 Å². The Morgan fingerprint density at radius 1 is 1.03 bits per heavy atom. The molecule has 6 heteroatoms. The van der Waals surface area contributed by atoms with Gasteiger partial charge in [-0.25, -0.2) is 4.79 Å². The lowest BCUT2D eigenvalue weighted by molar-refractivity contribution is -0.113. The van der Waals surface area contributed by atoms with Crippen LogP contribution in [0.5, 0.6) is 0 Å². The van der Waals surface area contributed by atoms with E-state index in [9.17, 15) is 9.59 Å². The molecule has 0 radical (unpaired) electrons. The smallest absolute Gasteiger partial charge is 0.339 e. The molecule has 0 spiro atoms. The zero-order chi connectivity index (χ0) is 22.0. The molecular formula is C25H17BrClNO3. The van der Waals surface area contributed by atoms with E-state index < -0.39 is 5.97 Å². The normalized spacial score (nSPS) is 14.7. The first-order valence-corrected chi connectivity index (χ1v) is 10.6. The molecule has 1 aliphatic rings. The molecular weight excluding hydrogens is 478 g/mol. The van der Waals surface area contributed by atoms with Gasteiger partial charge in [0.05, 0.1) is 29.1 Å². The van der Waals surface area contributed by atoms with Crippen molar-refractivity contribution in [1.82, 2.24) is 0 Å². The molecule has 0 aromatic heterocycles. The number of benzene rings is 3. The zero-order valence-corrected chi connectivity index (χ0v) is 18.9. The van der Waals surface area contributed by atoms with E-state index in [0.29, 0.717) is 17.0 Å². The lowest BCUT2D eigenvalue weighted by atomic mass is 10.1. The van der Waals surface area contributed by atoms with Crippen LogP contribution in [-0.2, 0) is 9.53 Å². The van der Waals surface area contributed by atoms with Gasteiger partial charge in [-0.05, 0) is 53.6 Å². The molecule has 0 fully saturated rings. The van der Waals surface area contributed by atoms with Crippen molar-refractivity contribution in [2.45, 2.75) is 0 Å². The lowest BCUT2D eigenvalue weighted by Crippen LogP contribution is -2.25. The van der Waals surface area contributed by atoms with Crippen LogP contribution in [0.3, 0.4) is 0 Å². The van der Waals surface area contributed by atoms with Gasteiger partial charge in [-0.15, -0.1) is 0 Å². The van der Waals surface area contributed by atoms with Gasteiger partial charge in [-0.2, -0.15) is 0 Å². The SMILES string of the molecule is COC(=O)c1cc(N2C(=O)/C(=C/c3ccc(Br)cc3)C=C2c2ccccc2)ccc1Cl. The Morgan fingerprint density at radius 3 is 2.42 bits per heavy atom. The molecule has 4 nitrogen and oxygen atoms in total. The summed E-state index contributed by atoms with van der Waals surface area (Å²) in [5, 5.41) is 0.262. The van der Waals surface area contributed by atoms with Crippen molar-refractivity contribution in [3.05, 3.63) is 111 Å². The third-order valence-corrected chi connectivity index (χ3v) is 5.72. The number of methoxy groups -OCH3 is 1. The van der Waals surface area contributed by atoms with E-state index in [1.807, 2.05) is 66.7 Å². The fourth-order valence-electron chi connectivity index (χ4n) is 3.35.